The van der Waals surface area contributed by atoms with Crippen molar-refractivity contribution in [1.29, 1.82) is 0 Å². The highest BCUT2D eigenvalue weighted by Crippen LogP contribution is 2.37. The molecule has 3 aliphatic heterocycles. The summed E-state index contributed by atoms with van der Waals surface area (Å²) in [6.45, 7) is 10.8. The van der Waals surface area contributed by atoms with Crippen LogP contribution in [-0.4, -0.2) is 94.8 Å². The number of halogens is 1. The van der Waals surface area contributed by atoms with E-state index in [2.05, 4.69) is 28.8 Å². The lowest BCUT2D eigenvalue weighted by Crippen LogP contribution is -2.58. The van der Waals surface area contributed by atoms with Crippen LogP contribution < -0.4 is 9.80 Å². The molecule has 0 spiro atoms. The van der Waals surface area contributed by atoms with Gasteiger partial charge in [0.05, 0.1) is 28.2 Å². The Morgan fingerprint density at radius 2 is 1.71 bits per heavy atom. The van der Waals surface area contributed by atoms with E-state index in [4.69, 9.17) is 31.3 Å². The smallest absolute Gasteiger partial charge is 0.410 e. The van der Waals surface area contributed by atoms with Gasteiger partial charge in [0.1, 0.15) is 11.4 Å². The average Bonchev–Trinajstić information content (AvgIpc) is 2.96. The molecule has 5 rings (SSSR count). The first kappa shape index (κ1) is 23.4. The third-order valence-electron chi connectivity index (χ3n) is 7.05. The van der Waals surface area contributed by atoms with E-state index >= 15 is 0 Å². The van der Waals surface area contributed by atoms with Gasteiger partial charge >= 0.3 is 6.09 Å². The van der Waals surface area contributed by atoms with Gasteiger partial charge in [0, 0.05) is 32.2 Å². The van der Waals surface area contributed by atoms with Crippen LogP contribution in [0.25, 0.3) is 11.0 Å². The molecule has 1 amide bonds. The van der Waals surface area contributed by atoms with Gasteiger partial charge in [0.2, 0.25) is 5.95 Å². The lowest BCUT2D eigenvalue weighted by molar-refractivity contribution is 0.0123. The molecular weight excluding hydrogens is 454 g/mol. The highest BCUT2D eigenvalue weighted by molar-refractivity contribution is 6.32. The van der Waals surface area contributed by atoms with Gasteiger partial charge in [-0.1, -0.05) is 11.6 Å². The Hall–Kier alpha value is -2.39. The molecule has 0 radical (unpaired) electrons. The molecule has 3 saturated heterocycles. The molecule has 34 heavy (non-hydrogen) atoms. The normalized spacial score (nSPS) is 23.1. The molecule has 3 fully saturated rings. The molecule has 2 aromatic rings. The Bertz CT molecular complexity index is 1100. The van der Waals surface area contributed by atoms with Crippen LogP contribution in [0.3, 0.4) is 0 Å². The van der Waals surface area contributed by atoms with Gasteiger partial charge < -0.3 is 19.4 Å². The molecule has 2 atom stereocenters. The number of amides is 1. The molecule has 2 unspecified atom stereocenters. The van der Waals surface area contributed by atoms with Gasteiger partial charge in [-0.15, -0.1) is 0 Å². The van der Waals surface area contributed by atoms with Gasteiger partial charge in [-0.25, -0.2) is 9.78 Å². The van der Waals surface area contributed by atoms with Crippen LogP contribution in [0.15, 0.2) is 6.07 Å². The zero-order valence-corrected chi connectivity index (χ0v) is 21.6. The summed E-state index contributed by atoms with van der Waals surface area (Å²) >= 11 is 6.47. The van der Waals surface area contributed by atoms with Gasteiger partial charge in [-0.05, 0) is 60.7 Å². The molecule has 0 N–H and O–H groups in total. The van der Waals surface area contributed by atoms with E-state index in [0.717, 1.165) is 42.8 Å². The minimum atomic E-state index is -0.507. The fourth-order valence-electron chi connectivity index (χ4n) is 5.11. The summed E-state index contributed by atoms with van der Waals surface area (Å²) in [5, 5.41) is 1.46. The first-order valence-corrected chi connectivity index (χ1v) is 12.4. The van der Waals surface area contributed by atoms with Gasteiger partial charge in [-0.2, -0.15) is 9.97 Å². The maximum atomic E-state index is 12.9. The molecule has 10 heteroatoms. The quantitative estimate of drug-likeness (QED) is 0.652. The number of carbonyl (C=O) groups excluding carboxylic acids is 1. The van der Waals surface area contributed by atoms with Crippen molar-refractivity contribution < 1.29 is 9.53 Å². The van der Waals surface area contributed by atoms with Crippen molar-refractivity contribution in [3.05, 3.63) is 16.8 Å². The predicted octanol–water partition coefficient (Wildman–Crippen LogP) is 3.32. The van der Waals surface area contributed by atoms with Gasteiger partial charge in [-0.3, -0.25) is 4.90 Å². The minimum absolute atomic E-state index is 0.0954. The number of hydrogen-bond donors (Lipinski definition) is 0. The average molecular weight is 488 g/mol. The number of hydrogen-bond acceptors (Lipinski definition) is 8. The van der Waals surface area contributed by atoms with Crippen LogP contribution >= 0.6 is 11.6 Å². The van der Waals surface area contributed by atoms with Crippen molar-refractivity contribution in [2.24, 2.45) is 0 Å². The summed E-state index contributed by atoms with van der Waals surface area (Å²) in [6, 6.07) is 2.62. The molecule has 0 aromatic carbocycles. The summed E-state index contributed by atoms with van der Waals surface area (Å²) in [7, 11) is 4.20. The van der Waals surface area contributed by atoms with Crippen LogP contribution in [0.4, 0.5) is 16.6 Å². The van der Waals surface area contributed by atoms with E-state index in [1.165, 1.54) is 0 Å². The molecule has 2 bridgehead atoms. The fourth-order valence-corrected chi connectivity index (χ4v) is 5.26. The highest BCUT2D eigenvalue weighted by atomic mass is 35.5. The van der Waals surface area contributed by atoms with Gasteiger partial charge in [0.25, 0.3) is 0 Å². The number of carbonyl (C=O) groups is 1. The van der Waals surface area contributed by atoms with Crippen molar-refractivity contribution in [3.63, 3.8) is 0 Å². The molecule has 2 aromatic heterocycles. The number of likely N-dealkylation sites (N-methyl/N-ethyl adjacent to an activating group) is 1. The number of anilines is 2. The van der Waals surface area contributed by atoms with Gasteiger partial charge in [0.15, 0.2) is 5.65 Å². The van der Waals surface area contributed by atoms with Crippen LogP contribution in [0.5, 0.6) is 0 Å². The van der Waals surface area contributed by atoms with Crippen molar-refractivity contribution in [2.75, 3.05) is 50.1 Å². The van der Waals surface area contributed by atoms with E-state index in [1.807, 2.05) is 38.7 Å². The first-order chi connectivity index (χ1) is 16.0. The molecule has 0 saturated carbocycles. The van der Waals surface area contributed by atoms with Crippen molar-refractivity contribution in [3.8, 4) is 0 Å². The Kier molecular flexibility index (Phi) is 5.75. The molecule has 0 aliphatic carbocycles. The van der Waals surface area contributed by atoms with Crippen LogP contribution in [0.1, 0.15) is 39.3 Å². The molecular formula is C24H34ClN7O2. The third kappa shape index (κ3) is 4.24. The van der Waals surface area contributed by atoms with E-state index in [9.17, 15) is 4.79 Å². The van der Waals surface area contributed by atoms with E-state index in [-0.39, 0.29) is 18.2 Å². The van der Waals surface area contributed by atoms with Crippen molar-refractivity contribution in [1.82, 2.24) is 24.8 Å². The Morgan fingerprint density at radius 1 is 1.06 bits per heavy atom. The van der Waals surface area contributed by atoms with Crippen molar-refractivity contribution in [2.45, 2.75) is 64.3 Å². The molecule has 184 valence electrons. The van der Waals surface area contributed by atoms with Crippen LogP contribution in [0.2, 0.25) is 5.02 Å². The number of piperazine rings is 1. The number of ether oxygens (including phenoxy) is 1. The summed E-state index contributed by atoms with van der Waals surface area (Å²) in [6.07, 6.45) is 1.71. The number of fused-ring (bicyclic) bond motifs is 3. The number of pyridine rings is 1. The number of aromatic nitrogens is 3. The lowest BCUT2D eigenvalue weighted by atomic mass is 10.1. The minimum Gasteiger partial charge on any atom is -0.444 e. The summed E-state index contributed by atoms with van der Waals surface area (Å²) in [5.41, 5.74) is 0.916. The van der Waals surface area contributed by atoms with E-state index < -0.39 is 5.60 Å². The fraction of sp³-hybridized carbons (Fsp3) is 0.667. The summed E-state index contributed by atoms with van der Waals surface area (Å²) < 4.78 is 5.70. The van der Waals surface area contributed by atoms with E-state index in [0.29, 0.717) is 35.7 Å². The summed E-state index contributed by atoms with van der Waals surface area (Å²) in [5.74, 6) is 1.56. The second-order valence-corrected chi connectivity index (χ2v) is 11.4. The number of nitrogens with zero attached hydrogens (tertiary/aromatic N) is 7. The zero-order valence-electron chi connectivity index (χ0n) is 20.9. The third-order valence-corrected chi connectivity index (χ3v) is 7.43. The maximum absolute atomic E-state index is 12.9. The first-order valence-electron chi connectivity index (χ1n) is 12.0. The standard InChI is InChI=1S/C24H34ClN7O2/c1-14-19(25)9-18-20(26-14)27-22(31-12-17(13-31)29(5)6)28-21(18)30-10-15-7-8-16(11-30)32(15)23(33)34-24(2,3)4/h9,15-17H,7-8,10-13H2,1-6H3. The Balaban J connectivity index is 1.46. The summed E-state index contributed by atoms with van der Waals surface area (Å²) in [4.78, 5) is 36.1. The molecule has 9 nitrogen and oxygen atoms in total. The maximum Gasteiger partial charge on any atom is 0.410 e. The second kappa shape index (κ2) is 8.37. The predicted molar refractivity (Wildman–Crippen MR) is 134 cm³/mol. The number of aryl methyl sites for hydroxylation is 1. The SMILES string of the molecule is Cc1nc2nc(N3CC(N(C)C)C3)nc(N3CC4CCC(C3)N4C(=O)OC(C)(C)C)c2cc1Cl. The molecule has 3 aliphatic rings. The van der Waals surface area contributed by atoms with Crippen LogP contribution in [0, 0.1) is 6.92 Å². The topological polar surface area (TPSA) is 77.9 Å². The van der Waals surface area contributed by atoms with Crippen LogP contribution in [-0.2, 0) is 4.74 Å². The largest absolute Gasteiger partial charge is 0.444 e. The second-order valence-electron chi connectivity index (χ2n) is 11.0. The lowest BCUT2D eigenvalue weighted by Gasteiger charge is -2.44. The highest BCUT2D eigenvalue weighted by Gasteiger charge is 2.45. The Labute approximate surface area is 206 Å². The monoisotopic (exact) mass is 487 g/mol. The van der Waals surface area contributed by atoms with Crippen molar-refractivity contribution >= 4 is 40.5 Å². The van der Waals surface area contributed by atoms with E-state index in [1.54, 1.807) is 0 Å². The number of rotatable bonds is 3. The Morgan fingerprint density at radius 3 is 2.29 bits per heavy atom. The molecule has 5 heterocycles. The zero-order chi connectivity index (χ0) is 24.4.